The van der Waals surface area contributed by atoms with Gasteiger partial charge in [-0.05, 0) is 101 Å². The number of hydrogen-bond acceptors (Lipinski definition) is 4. The van der Waals surface area contributed by atoms with Gasteiger partial charge in [0.1, 0.15) is 0 Å². The highest BCUT2D eigenvalue weighted by Crippen LogP contribution is 2.43. The van der Waals surface area contributed by atoms with E-state index in [-0.39, 0.29) is 0 Å². The molecule has 3 heterocycles. The monoisotopic (exact) mass is 892 g/mol. The van der Waals surface area contributed by atoms with E-state index in [9.17, 15) is 5.26 Å². The van der Waals surface area contributed by atoms with E-state index in [2.05, 4.69) is 185 Å². The maximum atomic E-state index is 10.7. The predicted molar refractivity (Wildman–Crippen MR) is 286 cm³/mol. The van der Waals surface area contributed by atoms with Crippen LogP contribution in [0.25, 0.3) is 123 Å². The van der Waals surface area contributed by atoms with E-state index in [1.54, 1.807) is 0 Å². The second-order valence-corrected chi connectivity index (χ2v) is 17.5. The molecule has 13 rings (SSSR count). The normalized spacial score (nSPS) is 11.4. The summed E-state index contributed by atoms with van der Waals surface area (Å²) >= 11 is 0. The van der Waals surface area contributed by atoms with Crippen LogP contribution in [0, 0.1) is 11.3 Å². The first-order chi connectivity index (χ1) is 34.7. The van der Waals surface area contributed by atoms with Crippen molar-refractivity contribution in [3.63, 3.8) is 0 Å². The third kappa shape index (κ3) is 6.92. The second-order valence-electron chi connectivity index (χ2n) is 17.5. The SMILES string of the molecule is N#Cc1ccc(-n2c3ccccc3c3cc(-c4ccccc4)ccc32)c(-c2cc(-n3c4ccccc4c4cc(-c5ccccc5)ccc43)ccc2-c2nc(-c3ccccc3)nc(-c3ccccc3)n2)c1. The largest absolute Gasteiger partial charge is 0.309 e. The van der Waals surface area contributed by atoms with Gasteiger partial charge in [-0.3, -0.25) is 0 Å². The van der Waals surface area contributed by atoms with E-state index < -0.39 is 0 Å². The van der Waals surface area contributed by atoms with Gasteiger partial charge in [0, 0.05) is 49.5 Å². The summed E-state index contributed by atoms with van der Waals surface area (Å²) in [5, 5.41) is 15.3. The minimum absolute atomic E-state index is 0.520. The number of para-hydroxylation sites is 2. The van der Waals surface area contributed by atoms with Crippen molar-refractivity contribution < 1.29 is 0 Å². The zero-order chi connectivity index (χ0) is 46.5. The van der Waals surface area contributed by atoms with E-state index in [1.807, 2.05) is 72.8 Å². The number of nitrogens with zero attached hydrogens (tertiary/aromatic N) is 6. The Labute approximate surface area is 404 Å². The molecule has 0 aliphatic rings. The average Bonchev–Trinajstić information content (AvgIpc) is 3.95. The summed E-state index contributed by atoms with van der Waals surface area (Å²) in [6.07, 6.45) is 0. The van der Waals surface area contributed by atoms with E-state index in [0.29, 0.717) is 23.0 Å². The molecule has 326 valence electrons. The van der Waals surface area contributed by atoms with Gasteiger partial charge >= 0.3 is 0 Å². The fraction of sp³-hybridized carbons (Fsp3) is 0. The van der Waals surface area contributed by atoms with Crippen molar-refractivity contribution in [1.82, 2.24) is 24.1 Å². The summed E-state index contributed by atoms with van der Waals surface area (Å²) in [6, 6.07) is 86.9. The van der Waals surface area contributed by atoms with Crippen LogP contribution in [-0.2, 0) is 0 Å². The van der Waals surface area contributed by atoms with Crippen LogP contribution < -0.4 is 0 Å². The van der Waals surface area contributed by atoms with Crippen molar-refractivity contribution in [1.29, 1.82) is 5.26 Å². The molecule has 0 amide bonds. The van der Waals surface area contributed by atoms with Crippen LogP contribution in [0.1, 0.15) is 5.56 Å². The topological polar surface area (TPSA) is 72.3 Å². The fourth-order valence-corrected chi connectivity index (χ4v) is 10.1. The van der Waals surface area contributed by atoms with Gasteiger partial charge in [-0.25, -0.2) is 15.0 Å². The van der Waals surface area contributed by atoms with E-state index >= 15 is 0 Å². The van der Waals surface area contributed by atoms with Crippen LogP contribution in [0.4, 0.5) is 0 Å². The molecule has 0 saturated heterocycles. The number of rotatable bonds is 8. The summed E-state index contributed by atoms with van der Waals surface area (Å²) in [4.78, 5) is 15.6. The molecule has 6 nitrogen and oxygen atoms in total. The maximum absolute atomic E-state index is 10.7. The molecule has 0 unspecified atom stereocenters. The lowest BCUT2D eigenvalue weighted by Crippen LogP contribution is -2.04. The first-order valence-corrected chi connectivity index (χ1v) is 23.4. The van der Waals surface area contributed by atoms with Gasteiger partial charge < -0.3 is 9.13 Å². The molecular weight excluding hydrogens is 853 g/mol. The molecule has 13 aromatic rings. The molecule has 0 atom stereocenters. The van der Waals surface area contributed by atoms with Crippen LogP contribution in [0.5, 0.6) is 0 Å². The molecule has 70 heavy (non-hydrogen) atoms. The van der Waals surface area contributed by atoms with Crippen molar-refractivity contribution >= 4 is 43.6 Å². The molecule has 0 N–H and O–H groups in total. The van der Waals surface area contributed by atoms with Gasteiger partial charge in [-0.1, -0.05) is 170 Å². The first kappa shape index (κ1) is 40.6. The molecule has 6 heteroatoms. The maximum Gasteiger partial charge on any atom is 0.164 e. The standard InChI is InChI=1S/C64H40N6/c65-41-42-29-34-60(70-58-28-16-14-26-51(58)56-39-48(31-36-61(56)70)44-19-7-2-8-20-44)54(37-42)53-40-49(69-57-27-15-13-25-50(57)55-38-47(30-35-59(55)69)43-17-5-1-6-18-43)32-33-52(53)64-67-62(45-21-9-3-10-22-45)66-63(68-64)46-23-11-4-12-24-46/h1-40H. The number of fused-ring (bicyclic) bond motifs is 6. The number of nitriles is 1. The van der Waals surface area contributed by atoms with Crippen LogP contribution in [0.15, 0.2) is 243 Å². The Bertz CT molecular complexity index is 4110. The van der Waals surface area contributed by atoms with E-state index in [0.717, 1.165) is 99.5 Å². The lowest BCUT2D eigenvalue weighted by molar-refractivity contribution is 1.07. The van der Waals surface area contributed by atoms with Crippen LogP contribution in [0.3, 0.4) is 0 Å². The zero-order valence-electron chi connectivity index (χ0n) is 37.8. The highest BCUT2D eigenvalue weighted by atomic mass is 15.0. The van der Waals surface area contributed by atoms with Crippen LogP contribution >= 0.6 is 0 Å². The smallest absolute Gasteiger partial charge is 0.164 e. The van der Waals surface area contributed by atoms with Crippen molar-refractivity contribution in [3.05, 3.63) is 248 Å². The summed E-state index contributed by atoms with van der Waals surface area (Å²) in [5.74, 6) is 1.66. The molecule has 3 aromatic heterocycles. The van der Waals surface area contributed by atoms with E-state index in [4.69, 9.17) is 15.0 Å². The van der Waals surface area contributed by atoms with Crippen LogP contribution in [0.2, 0.25) is 0 Å². The molecule has 0 spiro atoms. The van der Waals surface area contributed by atoms with Crippen molar-refractivity contribution in [2.45, 2.75) is 0 Å². The molecule has 0 saturated carbocycles. The van der Waals surface area contributed by atoms with Gasteiger partial charge in [-0.15, -0.1) is 0 Å². The minimum atomic E-state index is 0.520. The number of aromatic nitrogens is 5. The molecule has 0 fully saturated rings. The highest BCUT2D eigenvalue weighted by molar-refractivity contribution is 6.12. The predicted octanol–water partition coefficient (Wildman–Crippen LogP) is 15.9. The van der Waals surface area contributed by atoms with Gasteiger partial charge in [0.05, 0.1) is 39.4 Å². The van der Waals surface area contributed by atoms with Gasteiger partial charge in [0.25, 0.3) is 0 Å². The summed E-state index contributed by atoms with van der Waals surface area (Å²) < 4.78 is 4.69. The van der Waals surface area contributed by atoms with Crippen molar-refractivity contribution in [2.75, 3.05) is 0 Å². The highest BCUT2D eigenvalue weighted by Gasteiger charge is 2.23. The Morgan fingerprint density at radius 2 is 0.757 bits per heavy atom. The summed E-state index contributed by atoms with van der Waals surface area (Å²) in [7, 11) is 0. The summed E-state index contributed by atoms with van der Waals surface area (Å²) in [5.41, 5.74) is 15.6. The fourth-order valence-electron chi connectivity index (χ4n) is 10.1. The Hall–Kier alpha value is -9.70. The molecule has 0 radical (unpaired) electrons. The lowest BCUT2D eigenvalue weighted by Gasteiger charge is -2.19. The van der Waals surface area contributed by atoms with Gasteiger partial charge in [-0.2, -0.15) is 5.26 Å². The Morgan fingerprint density at radius 3 is 1.30 bits per heavy atom. The lowest BCUT2D eigenvalue weighted by atomic mass is 9.94. The molecule has 0 aliphatic carbocycles. The molecule has 10 aromatic carbocycles. The quantitative estimate of drug-likeness (QED) is 0.152. The third-order valence-corrected chi connectivity index (χ3v) is 13.4. The first-order valence-electron chi connectivity index (χ1n) is 23.4. The van der Waals surface area contributed by atoms with E-state index in [1.165, 1.54) is 5.56 Å². The van der Waals surface area contributed by atoms with Crippen LogP contribution in [-0.4, -0.2) is 24.1 Å². The number of hydrogen-bond donors (Lipinski definition) is 0. The second kappa shape index (κ2) is 16.9. The third-order valence-electron chi connectivity index (χ3n) is 13.4. The molecule has 0 bridgehead atoms. The molecule has 0 aliphatic heterocycles. The van der Waals surface area contributed by atoms with Gasteiger partial charge in [0.15, 0.2) is 17.5 Å². The van der Waals surface area contributed by atoms with Crippen molar-refractivity contribution in [2.24, 2.45) is 0 Å². The zero-order valence-corrected chi connectivity index (χ0v) is 37.8. The van der Waals surface area contributed by atoms with Crippen molar-refractivity contribution in [3.8, 4) is 85.0 Å². The molecular formula is C64H40N6. The Balaban J connectivity index is 1.11. The Kier molecular flexibility index (Phi) is 9.78. The Morgan fingerprint density at radius 1 is 0.300 bits per heavy atom. The average molecular weight is 893 g/mol. The minimum Gasteiger partial charge on any atom is -0.309 e. The summed E-state index contributed by atoms with van der Waals surface area (Å²) in [6.45, 7) is 0. The van der Waals surface area contributed by atoms with Gasteiger partial charge in [0.2, 0.25) is 0 Å². The number of benzene rings is 10.